The van der Waals surface area contributed by atoms with Crippen LogP contribution in [0.15, 0.2) is 18.2 Å². The van der Waals surface area contributed by atoms with Gasteiger partial charge in [-0.1, -0.05) is 23.7 Å². The highest BCUT2D eigenvalue weighted by molar-refractivity contribution is 6.33. The monoisotopic (exact) mass is 267 g/mol. The highest BCUT2D eigenvalue weighted by Gasteiger charge is 2.29. The number of anilines is 1. The van der Waals surface area contributed by atoms with Gasteiger partial charge in [0.2, 0.25) is 5.91 Å². The molecule has 98 valence electrons. The molecule has 2 rings (SSSR count). The summed E-state index contributed by atoms with van der Waals surface area (Å²) in [6.45, 7) is 1.20. The van der Waals surface area contributed by atoms with E-state index < -0.39 is 0 Å². The van der Waals surface area contributed by atoms with E-state index in [-0.39, 0.29) is 11.9 Å². The Morgan fingerprint density at radius 2 is 2.22 bits per heavy atom. The maximum atomic E-state index is 11.6. The summed E-state index contributed by atoms with van der Waals surface area (Å²) in [5.74, 6) is -0.294. The van der Waals surface area contributed by atoms with E-state index in [0.29, 0.717) is 11.6 Å². The number of hydrogen-bond acceptors (Lipinski definition) is 3. The van der Waals surface area contributed by atoms with E-state index in [1.807, 2.05) is 23.1 Å². The number of nitrogens with two attached hydrogens (primary N) is 2. The Morgan fingerprint density at radius 1 is 1.44 bits per heavy atom. The first-order valence-corrected chi connectivity index (χ1v) is 6.56. The summed E-state index contributed by atoms with van der Waals surface area (Å²) in [6, 6.07) is 5.36. The van der Waals surface area contributed by atoms with Crippen LogP contribution < -0.4 is 16.4 Å². The first-order chi connectivity index (χ1) is 8.65. The highest BCUT2D eigenvalue weighted by Crippen LogP contribution is 2.34. The van der Waals surface area contributed by atoms with Gasteiger partial charge in [-0.3, -0.25) is 4.79 Å². The second kappa shape index (κ2) is 5.59. The fraction of sp³-hybridized carbons (Fsp3) is 0.462. The molecule has 0 aliphatic carbocycles. The Kier molecular flexibility index (Phi) is 4.09. The van der Waals surface area contributed by atoms with Crippen LogP contribution in [0.25, 0.3) is 0 Å². The number of benzene rings is 1. The first-order valence-electron chi connectivity index (χ1n) is 6.18. The Labute approximate surface area is 112 Å². The van der Waals surface area contributed by atoms with Crippen molar-refractivity contribution in [3.8, 4) is 0 Å². The molecule has 1 aromatic carbocycles. The number of nitrogens with zero attached hydrogens (tertiary/aromatic N) is 1. The molecule has 1 fully saturated rings. The third kappa shape index (κ3) is 2.44. The van der Waals surface area contributed by atoms with E-state index in [4.69, 9.17) is 23.1 Å². The van der Waals surface area contributed by atoms with Gasteiger partial charge in [-0.05, 0) is 30.9 Å². The minimum absolute atomic E-state index is 0.274. The van der Waals surface area contributed by atoms with Crippen molar-refractivity contribution in [1.29, 1.82) is 0 Å². The molecule has 1 atom stereocenters. The predicted octanol–water partition coefficient (Wildman–Crippen LogP) is 1.64. The lowest BCUT2D eigenvalue weighted by molar-refractivity contribution is -0.119. The van der Waals surface area contributed by atoms with Crippen molar-refractivity contribution in [2.24, 2.45) is 11.5 Å². The molecule has 1 heterocycles. The first kappa shape index (κ1) is 13.2. The number of hydrogen-bond donors (Lipinski definition) is 2. The second-order valence-corrected chi connectivity index (χ2v) is 4.97. The summed E-state index contributed by atoms with van der Waals surface area (Å²) in [4.78, 5) is 13.6. The fourth-order valence-electron chi connectivity index (χ4n) is 2.54. The molecule has 1 saturated heterocycles. The molecule has 1 aliphatic rings. The number of carbonyl (C=O) groups excluding carboxylic acids is 1. The average molecular weight is 268 g/mol. The zero-order chi connectivity index (χ0) is 13.1. The Morgan fingerprint density at radius 3 is 2.89 bits per heavy atom. The topological polar surface area (TPSA) is 72.3 Å². The van der Waals surface area contributed by atoms with Gasteiger partial charge in [0.05, 0.1) is 10.7 Å². The lowest BCUT2D eigenvalue weighted by atomic mass is 9.99. The molecular formula is C13H18ClN3O. The molecule has 0 radical (unpaired) electrons. The molecule has 1 amide bonds. The van der Waals surface area contributed by atoms with Crippen LogP contribution in [-0.2, 0) is 11.3 Å². The molecule has 1 unspecified atom stereocenters. The van der Waals surface area contributed by atoms with Crippen molar-refractivity contribution in [2.75, 3.05) is 11.4 Å². The lowest BCUT2D eigenvalue weighted by Crippen LogP contribution is -2.48. The van der Waals surface area contributed by atoms with Gasteiger partial charge >= 0.3 is 0 Å². The van der Waals surface area contributed by atoms with Crippen LogP contribution in [0, 0.1) is 0 Å². The van der Waals surface area contributed by atoms with Crippen molar-refractivity contribution in [1.82, 2.24) is 0 Å². The van der Waals surface area contributed by atoms with Crippen LogP contribution >= 0.6 is 11.6 Å². The predicted molar refractivity (Wildman–Crippen MR) is 73.5 cm³/mol. The highest BCUT2D eigenvalue weighted by atomic mass is 35.5. The minimum atomic E-state index is -0.294. The molecule has 4 N–H and O–H groups in total. The lowest BCUT2D eigenvalue weighted by Gasteiger charge is -2.37. The van der Waals surface area contributed by atoms with Gasteiger partial charge in [0.1, 0.15) is 6.04 Å². The van der Waals surface area contributed by atoms with Crippen LogP contribution in [-0.4, -0.2) is 18.5 Å². The fourth-order valence-corrected chi connectivity index (χ4v) is 2.84. The molecular weight excluding hydrogens is 250 g/mol. The zero-order valence-corrected chi connectivity index (χ0v) is 11.0. The second-order valence-electron chi connectivity index (χ2n) is 4.56. The Bertz CT molecular complexity index is 450. The van der Waals surface area contributed by atoms with Crippen LogP contribution in [0.2, 0.25) is 5.02 Å². The number of piperidine rings is 1. The van der Waals surface area contributed by atoms with Gasteiger partial charge in [0, 0.05) is 13.1 Å². The number of amides is 1. The number of halogens is 1. The minimum Gasteiger partial charge on any atom is -0.368 e. The van der Waals surface area contributed by atoms with Crippen molar-refractivity contribution < 1.29 is 4.79 Å². The van der Waals surface area contributed by atoms with Crippen molar-refractivity contribution in [2.45, 2.75) is 31.8 Å². The molecule has 18 heavy (non-hydrogen) atoms. The standard InChI is InChI=1S/C13H18ClN3O/c14-10-5-3-4-9(8-15)12(10)17-7-2-1-6-11(17)13(16)18/h3-5,11H,1-2,6-8,15H2,(H2,16,18). The molecule has 0 aromatic heterocycles. The van der Waals surface area contributed by atoms with E-state index in [0.717, 1.165) is 37.1 Å². The van der Waals surface area contributed by atoms with Gasteiger partial charge in [-0.25, -0.2) is 0 Å². The van der Waals surface area contributed by atoms with Crippen LogP contribution in [0.1, 0.15) is 24.8 Å². The number of carbonyl (C=O) groups is 1. The number of primary amides is 1. The smallest absolute Gasteiger partial charge is 0.240 e. The van der Waals surface area contributed by atoms with Crippen LogP contribution in [0.4, 0.5) is 5.69 Å². The van der Waals surface area contributed by atoms with Crippen LogP contribution in [0.3, 0.4) is 0 Å². The van der Waals surface area contributed by atoms with Crippen molar-refractivity contribution >= 4 is 23.2 Å². The summed E-state index contributed by atoms with van der Waals surface area (Å²) >= 11 is 6.26. The number of rotatable bonds is 3. The largest absolute Gasteiger partial charge is 0.368 e. The van der Waals surface area contributed by atoms with Gasteiger partial charge < -0.3 is 16.4 Å². The summed E-state index contributed by atoms with van der Waals surface area (Å²) < 4.78 is 0. The van der Waals surface area contributed by atoms with Gasteiger partial charge in [-0.2, -0.15) is 0 Å². The molecule has 0 spiro atoms. The van der Waals surface area contributed by atoms with Gasteiger partial charge in [-0.15, -0.1) is 0 Å². The summed E-state index contributed by atoms with van der Waals surface area (Å²) in [6.07, 6.45) is 2.84. The van der Waals surface area contributed by atoms with E-state index in [2.05, 4.69) is 0 Å². The maximum absolute atomic E-state index is 11.6. The Balaban J connectivity index is 2.42. The van der Waals surface area contributed by atoms with E-state index in [1.54, 1.807) is 0 Å². The third-order valence-corrected chi connectivity index (χ3v) is 3.71. The zero-order valence-electron chi connectivity index (χ0n) is 10.2. The van der Waals surface area contributed by atoms with Crippen LogP contribution in [0.5, 0.6) is 0 Å². The van der Waals surface area contributed by atoms with Crippen molar-refractivity contribution in [3.05, 3.63) is 28.8 Å². The molecule has 5 heteroatoms. The van der Waals surface area contributed by atoms with E-state index >= 15 is 0 Å². The molecule has 4 nitrogen and oxygen atoms in total. The molecule has 0 bridgehead atoms. The van der Waals surface area contributed by atoms with E-state index in [9.17, 15) is 4.79 Å². The maximum Gasteiger partial charge on any atom is 0.240 e. The normalized spacial score (nSPS) is 19.9. The summed E-state index contributed by atoms with van der Waals surface area (Å²) in [5.41, 5.74) is 13.0. The summed E-state index contributed by atoms with van der Waals surface area (Å²) in [5, 5.41) is 0.631. The van der Waals surface area contributed by atoms with Crippen molar-refractivity contribution in [3.63, 3.8) is 0 Å². The SMILES string of the molecule is NCc1cccc(Cl)c1N1CCCCC1C(N)=O. The quantitative estimate of drug-likeness (QED) is 0.875. The van der Waals surface area contributed by atoms with E-state index in [1.165, 1.54) is 0 Å². The Hall–Kier alpha value is -1.26. The summed E-state index contributed by atoms with van der Waals surface area (Å²) in [7, 11) is 0. The molecule has 1 aromatic rings. The molecule has 1 aliphatic heterocycles. The third-order valence-electron chi connectivity index (χ3n) is 3.41. The van der Waals surface area contributed by atoms with Gasteiger partial charge in [0.15, 0.2) is 0 Å². The van der Waals surface area contributed by atoms with Gasteiger partial charge in [0.25, 0.3) is 0 Å². The number of para-hydroxylation sites is 1. The molecule has 0 saturated carbocycles. The average Bonchev–Trinajstić information content (AvgIpc) is 2.38.